The van der Waals surface area contributed by atoms with E-state index in [2.05, 4.69) is 19.1 Å². The first kappa shape index (κ1) is 11.6. The van der Waals surface area contributed by atoms with Gasteiger partial charge >= 0.3 is 0 Å². The summed E-state index contributed by atoms with van der Waals surface area (Å²) in [5.74, 6) is 0. The lowest BCUT2D eigenvalue weighted by atomic mass is 9.93. The minimum atomic E-state index is 0.332. The van der Waals surface area contributed by atoms with E-state index in [1.165, 1.54) is 0 Å². The van der Waals surface area contributed by atoms with E-state index in [0.29, 0.717) is 23.1 Å². The molecule has 0 unspecified atom stereocenters. The van der Waals surface area contributed by atoms with Crippen LogP contribution in [0.1, 0.15) is 22.3 Å². The number of nitriles is 3. The summed E-state index contributed by atoms with van der Waals surface area (Å²) in [6.07, 6.45) is 0.431. The zero-order valence-corrected chi connectivity index (χ0v) is 9.57. The van der Waals surface area contributed by atoms with Crippen LogP contribution < -0.4 is 0 Å². The highest BCUT2D eigenvalue weighted by atomic mass is 14.3. The zero-order valence-electron chi connectivity index (χ0n) is 9.57. The molecule has 3 heteroatoms. The van der Waals surface area contributed by atoms with Crippen LogP contribution >= 0.6 is 0 Å². The minimum absolute atomic E-state index is 0.332. The Kier molecular flexibility index (Phi) is 2.96. The molecule has 0 atom stereocenters. The maximum atomic E-state index is 9.14. The molecule has 0 aliphatic rings. The molecule has 2 aromatic carbocycles. The fraction of sp³-hybridized carbons (Fsp3) is 0.0667. The van der Waals surface area contributed by atoms with Gasteiger partial charge in [-0.15, -0.1) is 0 Å². The van der Waals surface area contributed by atoms with Crippen LogP contribution in [0.3, 0.4) is 0 Å². The van der Waals surface area contributed by atoms with Gasteiger partial charge in [-0.1, -0.05) is 6.07 Å². The molecule has 0 spiro atoms. The van der Waals surface area contributed by atoms with Crippen molar-refractivity contribution in [3.05, 3.63) is 53.4 Å². The van der Waals surface area contributed by atoms with Crippen LogP contribution in [0.25, 0.3) is 10.8 Å². The largest absolute Gasteiger partial charge is 0.192 e. The van der Waals surface area contributed by atoms with E-state index in [-0.39, 0.29) is 0 Å². The highest BCUT2D eigenvalue weighted by molar-refractivity contribution is 5.90. The molecule has 18 heavy (non-hydrogen) atoms. The number of rotatable bonds is 1. The van der Waals surface area contributed by atoms with Crippen molar-refractivity contribution in [2.45, 2.75) is 6.42 Å². The van der Waals surface area contributed by atoms with Gasteiger partial charge in [0.15, 0.2) is 0 Å². The van der Waals surface area contributed by atoms with Crippen molar-refractivity contribution in [1.29, 1.82) is 15.8 Å². The van der Waals surface area contributed by atoms with Gasteiger partial charge in [0.1, 0.15) is 12.1 Å². The first-order chi connectivity index (χ1) is 8.74. The van der Waals surface area contributed by atoms with Crippen molar-refractivity contribution >= 4 is 10.8 Å². The Hall–Kier alpha value is -2.83. The van der Waals surface area contributed by atoms with Gasteiger partial charge in [0.05, 0.1) is 22.8 Å². The third kappa shape index (κ3) is 1.67. The third-order valence-electron chi connectivity index (χ3n) is 2.86. The standard InChI is InChI=1S/C15H8N3/c1-2-13-14-4-3-10(7-16)5-11(14)6-12(8-17)15(13)9-18/h3-6H,1-2H2. The van der Waals surface area contributed by atoms with E-state index in [1.54, 1.807) is 24.3 Å². The van der Waals surface area contributed by atoms with Crippen molar-refractivity contribution < 1.29 is 0 Å². The zero-order chi connectivity index (χ0) is 13.1. The monoisotopic (exact) mass is 230 g/mol. The first-order valence-corrected chi connectivity index (χ1v) is 5.34. The molecule has 0 amide bonds. The van der Waals surface area contributed by atoms with Crippen molar-refractivity contribution in [2.75, 3.05) is 0 Å². The van der Waals surface area contributed by atoms with Crippen LogP contribution in [0.15, 0.2) is 24.3 Å². The SMILES string of the molecule is [CH2]Cc1c(C#N)c(C#N)cc2cc(C#N)ccc12. The molecule has 0 saturated carbocycles. The summed E-state index contributed by atoms with van der Waals surface area (Å²) >= 11 is 0. The summed E-state index contributed by atoms with van der Waals surface area (Å²) in [4.78, 5) is 0. The fourth-order valence-corrected chi connectivity index (χ4v) is 2.03. The van der Waals surface area contributed by atoms with Gasteiger partial charge in [-0.2, -0.15) is 15.8 Å². The lowest BCUT2D eigenvalue weighted by Crippen LogP contribution is -1.95. The predicted molar refractivity (Wildman–Crippen MR) is 67.2 cm³/mol. The summed E-state index contributed by atoms with van der Waals surface area (Å²) in [6.45, 7) is 3.81. The maximum Gasteiger partial charge on any atom is 0.101 e. The molecule has 0 heterocycles. The van der Waals surface area contributed by atoms with Crippen molar-refractivity contribution in [2.24, 2.45) is 0 Å². The van der Waals surface area contributed by atoms with E-state index >= 15 is 0 Å². The molecule has 0 fully saturated rings. The van der Waals surface area contributed by atoms with E-state index in [4.69, 9.17) is 15.8 Å². The van der Waals surface area contributed by atoms with Gasteiger partial charge in [0.25, 0.3) is 0 Å². The van der Waals surface area contributed by atoms with Crippen LogP contribution in [0, 0.1) is 40.9 Å². The average Bonchev–Trinajstić information content (AvgIpc) is 2.44. The molecular formula is C15H8N3. The quantitative estimate of drug-likeness (QED) is 0.756. The number of nitrogens with zero attached hydrogens (tertiary/aromatic N) is 3. The molecule has 2 aromatic rings. The van der Waals surface area contributed by atoms with Crippen LogP contribution in [0.5, 0.6) is 0 Å². The highest BCUT2D eigenvalue weighted by Gasteiger charge is 2.12. The molecule has 83 valence electrons. The van der Waals surface area contributed by atoms with Gasteiger partial charge < -0.3 is 0 Å². The smallest absolute Gasteiger partial charge is 0.101 e. The molecule has 1 radical (unpaired) electrons. The second-order valence-electron chi connectivity index (χ2n) is 3.80. The molecule has 0 N–H and O–H groups in total. The van der Waals surface area contributed by atoms with Crippen LogP contribution in [0.2, 0.25) is 0 Å². The second-order valence-corrected chi connectivity index (χ2v) is 3.80. The van der Waals surface area contributed by atoms with Crippen molar-refractivity contribution in [3.8, 4) is 18.2 Å². The van der Waals surface area contributed by atoms with Crippen LogP contribution in [-0.2, 0) is 6.42 Å². The molecule has 2 rings (SSSR count). The molecule has 3 nitrogen and oxygen atoms in total. The number of fused-ring (bicyclic) bond motifs is 1. The molecule has 0 saturated heterocycles. The summed E-state index contributed by atoms with van der Waals surface area (Å²) < 4.78 is 0. The topological polar surface area (TPSA) is 71.4 Å². The van der Waals surface area contributed by atoms with E-state index in [0.717, 1.165) is 16.3 Å². The molecular weight excluding hydrogens is 222 g/mol. The molecule has 0 aliphatic heterocycles. The lowest BCUT2D eigenvalue weighted by Gasteiger charge is -2.08. The van der Waals surface area contributed by atoms with E-state index < -0.39 is 0 Å². The van der Waals surface area contributed by atoms with Gasteiger partial charge in [-0.05, 0) is 47.9 Å². The van der Waals surface area contributed by atoms with Gasteiger partial charge in [-0.3, -0.25) is 0 Å². The summed E-state index contributed by atoms with van der Waals surface area (Å²) in [6, 6.07) is 13.0. The third-order valence-corrected chi connectivity index (χ3v) is 2.86. The predicted octanol–water partition coefficient (Wildman–Crippen LogP) is 2.83. The second kappa shape index (κ2) is 4.58. The number of hydrogen-bond donors (Lipinski definition) is 0. The summed E-state index contributed by atoms with van der Waals surface area (Å²) in [5, 5.41) is 28.7. The van der Waals surface area contributed by atoms with Gasteiger partial charge in [0.2, 0.25) is 0 Å². The molecule has 0 aromatic heterocycles. The Balaban J connectivity index is 2.95. The van der Waals surface area contributed by atoms with E-state index in [9.17, 15) is 0 Å². The average molecular weight is 230 g/mol. The Bertz CT molecular complexity index is 752. The van der Waals surface area contributed by atoms with Gasteiger partial charge in [0, 0.05) is 0 Å². The van der Waals surface area contributed by atoms with E-state index in [1.807, 2.05) is 6.07 Å². The lowest BCUT2D eigenvalue weighted by molar-refractivity contribution is 1.26. The van der Waals surface area contributed by atoms with Crippen molar-refractivity contribution in [3.63, 3.8) is 0 Å². The van der Waals surface area contributed by atoms with Crippen molar-refractivity contribution in [1.82, 2.24) is 0 Å². The van der Waals surface area contributed by atoms with Crippen LogP contribution in [-0.4, -0.2) is 0 Å². The van der Waals surface area contributed by atoms with Gasteiger partial charge in [-0.25, -0.2) is 0 Å². The highest BCUT2D eigenvalue weighted by Crippen LogP contribution is 2.26. The minimum Gasteiger partial charge on any atom is -0.192 e. The maximum absolute atomic E-state index is 9.14. The Labute approximate surface area is 105 Å². The first-order valence-electron chi connectivity index (χ1n) is 5.34. The molecule has 0 aliphatic carbocycles. The number of hydrogen-bond acceptors (Lipinski definition) is 3. The summed E-state index contributed by atoms with van der Waals surface area (Å²) in [5.41, 5.74) is 2.01. The fourth-order valence-electron chi connectivity index (χ4n) is 2.03. The summed E-state index contributed by atoms with van der Waals surface area (Å²) in [7, 11) is 0. The van der Waals surface area contributed by atoms with Crippen LogP contribution in [0.4, 0.5) is 0 Å². The Morgan fingerprint density at radius 2 is 1.78 bits per heavy atom. The molecule has 0 bridgehead atoms. The Morgan fingerprint density at radius 3 is 2.33 bits per heavy atom. The normalized spacial score (nSPS) is 9.44. The Morgan fingerprint density at radius 1 is 1.00 bits per heavy atom. The number of benzene rings is 2.